The first kappa shape index (κ1) is 79.4. The van der Waals surface area contributed by atoms with Gasteiger partial charge in [0.25, 0.3) is 17.7 Å². The molecule has 0 aliphatic rings. The average Bonchev–Trinajstić information content (AvgIpc) is 3.65. The molecule has 0 radical (unpaired) electrons. The standard InChI is InChI=1S/C31H46N4O7S.C18H35NO4Si.C13H16N2O3S/c1-10-12-13-14-22(17-20(5)36)41-29(39)25(19(3)4)35-27(37)23(11-2)34-28(38)26-24(43-9)16-15-21(33-26)18-32-30(40)42-31(6,7)8;1-7-8-9-10-15(23-18(21)17(19)14(2)3)13-16(20)22-11-12-24(4,5)6;1-4-8-6-7-10(19-3)11(14-8)12(16)15-9(5-2)13(17)18/h11,13-16,19,22,25H,10,12,17-18H2,1-9H3,(H,32,40)(H,34,38)(H,35,37);9-10,14-15,17H,7-8,11-13,19H2,1-6H3;5-7H,4H2,1-3H3,(H,15,16)(H,17,18)/b14-13+,23-11-;10-9+;9-5+/t22-,25+;15-,17+;/m11./s1. The lowest BCUT2D eigenvalue weighted by Crippen LogP contribution is -2.48. The maximum Gasteiger partial charge on any atom is 0.407 e. The van der Waals surface area contributed by atoms with E-state index in [9.17, 15) is 43.2 Å². The molecule has 2 aromatic heterocycles. The first-order valence-electron chi connectivity index (χ1n) is 28.9. The van der Waals surface area contributed by atoms with Crippen molar-refractivity contribution in [2.24, 2.45) is 17.6 Å². The van der Waals surface area contributed by atoms with Crippen LogP contribution in [0.2, 0.25) is 25.7 Å². The van der Waals surface area contributed by atoms with Crippen LogP contribution in [0, 0.1) is 11.8 Å². The molecular weight excluding hydrogens is 1160 g/mol. The summed E-state index contributed by atoms with van der Waals surface area (Å²) in [6.45, 7) is 30.2. The number of amides is 4. The number of carboxylic acid groups (broad SMARTS) is 1. The van der Waals surface area contributed by atoms with Gasteiger partial charge in [-0.2, -0.15) is 0 Å². The van der Waals surface area contributed by atoms with Crippen molar-refractivity contribution in [3.63, 3.8) is 0 Å². The minimum absolute atomic E-state index is 0.0125. The lowest BCUT2D eigenvalue weighted by Gasteiger charge is -2.24. The van der Waals surface area contributed by atoms with Crippen LogP contribution in [-0.4, -0.2) is 126 Å². The smallest absolute Gasteiger partial charge is 0.407 e. The third-order valence-electron chi connectivity index (χ3n) is 11.7. The SMILES string of the molecule is C/C=C(/NC(=O)c1nc(CC)ccc1SC)C(=O)O.C/C=C(\NC(=O)c1nc(CNC(=O)OC(C)(C)C)ccc1SC)C(=O)N[C@H](C(=O)O[C@H](/C=C/CCC)CC(C)=O)C(C)C.CCC/C=C/[C@H](CC(=O)OCC[Si](C)(C)C)OC(=O)[C@@H](N)C(C)C. The Hall–Kier alpha value is -6.63. The second kappa shape index (κ2) is 41.5. The Labute approximate surface area is 519 Å². The van der Waals surface area contributed by atoms with Gasteiger partial charge in [-0.1, -0.05) is 105 Å². The van der Waals surface area contributed by atoms with Crippen molar-refractivity contribution < 1.29 is 67.2 Å². The number of esters is 3. The molecule has 480 valence electrons. The molecule has 7 N–H and O–H groups in total. The summed E-state index contributed by atoms with van der Waals surface area (Å²) in [4.78, 5) is 120. The van der Waals surface area contributed by atoms with Gasteiger partial charge in [-0.3, -0.25) is 28.8 Å². The van der Waals surface area contributed by atoms with Gasteiger partial charge in [0, 0.05) is 30.0 Å². The third-order valence-corrected chi connectivity index (χ3v) is 15.0. The molecule has 24 heteroatoms. The van der Waals surface area contributed by atoms with Gasteiger partial charge in [0.1, 0.15) is 58.5 Å². The fraction of sp³-hybridized carbons (Fsp3) is 0.565. The van der Waals surface area contributed by atoms with Crippen LogP contribution in [0.5, 0.6) is 0 Å². The Bertz CT molecular complexity index is 2680. The molecule has 4 atom stereocenters. The number of carboxylic acids is 1. The number of carbonyl (C=O) groups is 9. The second-order valence-corrected chi connectivity index (χ2v) is 29.8. The molecule has 0 unspecified atom stereocenters. The number of pyridine rings is 2. The highest BCUT2D eigenvalue weighted by Crippen LogP contribution is 2.22. The monoisotopic (exact) mass is 1260 g/mol. The van der Waals surface area contributed by atoms with Gasteiger partial charge in [-0.15, -0.1) is 23.5 Å². The van der Waals surface area contributed by atoms with Crippen molar-refractivity contribution in [2.45, 2.75) is 207 Å². The highest BCUT2D eigenvalue weighted by Gasteiger charge is 2.30. The van der Waals surface area contributed by atoms with E-state index in [1.165, 1.54) is 42.6 Å². The van der Waals surface area contributed by atoms with Crippen LogP contribution in [0.15, 0.2) is 81.9 Å². The van der Waals surface area contributed by atoms with Crippen molar-refractivity contribution in [1.29, 1.82) is 0 Å². The zero-order chi connectivity index (χ0) is 65.9. The topological polar surface area (TPSA) is 311 Å². The van der Waals surface area contributed by atoms with Gasteiger partial charge in [-0.05, 0) is 128 Å². The van der Waals surface area contributed by atoms with Crippen molar-refractivity contribution in [2.75, 3.05) is 19.1 Å². The van der Waals surface area contributed by atoms with E-state index in [1.54, 1.807) is 79.0 Å². The van der Waals surface area contributed by atoms with E-state index in [4.69, 9.17) is 29.8 Å². The zero-order valence-electron chi connectivity index (χ0n) is 53.9. The van der Waals surface area contributed by atoms with Gasteiger partial charge in [0.15, 0.2) is 0 Å². The highest BCUT2D eigenvalue weighted by atomic mass is 32.2. The summed E-state index contributed by atoms with van der Waals surface area (Å²) < 4.78 is 21.5. The zero-order valence-corrected chi connectivity index (χ0v) is 56.5. The normalized spacial score (nSPS) is 13.2. The van der Waals surface area contributed by atoms with Crippen LogP contribution < -0.4 is 27.0 Å². The molecular formula is C62H97N7O14S2Si. The molecule has 0 aromatic carbocycles. The number of thioether (sulfide) groups is 2. The minimum Gasteiger partial charge on any atom is -0.477 e. The number of alkyl carbamates (subject to hydrolysis) is 1. The van der Waals surface area contributed by atoms with Crippen molar-refractivity contribution in [3.8, 4) is 0 Å². The van der Waals surface area contributed by atoms with Crippen LogP contribution in [0.4, 0.5) is 4.79 Å². The predicted molar refractivity (Wildman–Crippen MR) is 341 cm³/mol. The number of hydrogen-bond donors (Lipinski definition) is 6. The molecule has 2 rings (SSSR count). The summed E-state index contributed by atoms with van der Waals surface area (Å²) in [7, 11) is -1.24. The van der Waals surface area contributed by atoms with Crippen molar-refractivity contribution in [1.82, 2.24) is 31.2 Å². The molecule has 0 aliphatic carbocycles. The first-order chi connectivity index (χ1) is 40.2. The Morgan fingerprint density at radius 1 is 0.721 bits per heavy atom. The van der Waals surface area contributed by atoms with Gasteiger partial charge in [-0.25, -0.2) is 24.4 Å². The fourth-order valence-electron chi connectivity index (χ4n) is 6.82. The number of ether oxygens (including phenoxy) is 4. The first-order valence-corrected chi connectivity index (χ1v) is 35.1. The third kappa shape index (κ3) is 33.3. The Morgan fingerprint density at radius 2 is 1.21 bits per heavy atom. The second-order valence-electron chi connectivity index (χ2n) is 22.5. The molecule has 0 fully saturated rings. The van der Waals surface area contributed by atoms with Crippen LogP contribution in [0.25, 0.3) is 0 Å². The number of carbonyl (C=O) groups excluding carboxylic acids is 8. The molecule has 0 bridgehead atoms. The molecule has 0 aliphatic heterocycles. The van der Waals surface area contributed by atoms with Crippen LogP contribution in [0.1, 0.15) is 161 Å². The van der Waals surface area contributed by atoms with E-state index in [2.05, 4.69) is 57.8 Å². The average molecular weight is 1260 g/mol. The van der Waals surface area contributed by atoms with Gasteiger partial charge < -0.3 is 51.1 Å². The lowest BCUT2D eigenvalue weighted by atomic mass is 10.0. The fourth-order valence-corrected chi connectivity index (χ4v) is 8.60. The molecule has 2 aromatic rings. The number of ketones is 1. The number of nitrogens with one attached hydrogen (secondary N) is 4. The summed E-state index contributed by atoms with van der Waals surface area (Å²) >= 11 is 2.69. The quantitative estimate of drug-likeness (QED) is 0.0102. The Balaban J connectivity index is 0.00000141. The Kier molecular flexibility index (Phi) is 38.3. The molecule has 0 saturated heterocycles. The number of rotatable bonds is 31. The van der Waals surface area contributed by atoms with Gasteiger partial charge in [0.05, 0.1) is 25.3 Å². The number of Topliss-reactive ketones (excluding diaryl/α,β-unsaturated/α-hetero) is 1. The number of aromatic nitrogens is 2. The van der Waals surface area contributed by atoms with E-state index in [-0.39, 0.29) is 65.8 Å². The molecule has 0 spiro atoms. The maximum atomic E-state index is 13.3. The van der Waals surface area contributed by atoms with Crippen LogP contribution in [0.3, 0.4) is 0 Å². The number of nitrogens with two attached hydrogens (primary N) is 1. The maximum absolute atomic E-state index is 13.3. The molecule has 4 amide bonds. The highest BCUT2D eigenvalue weighted by molar-refractivity contribution is 7.99. The number of unbranched alkanes of at least 4 members (excludes halogenated alkanes) is 2. The summed E-state index contributed by atoms with van der Waals surface area (Å²) in [5.74, 6) is -5.01. The van der Waals surface area contributed by atoms with Crippen molar-refractivity contribution >= 4 is 85.1 Å². The van der Waals surface area contributed by atoms with E-state index in [0.29, 0.717) is 23.6 Å². The molecule has 21 nitrogen and oxygen atoms in total. The van der Waals surface area contributed by atoms with Gasteiger partial charge in [0.2, 0.25) is 0 Å². The number of hydrogen-bond acceptors (Lipinski definition) is 18. The minimum atomic E-state index is -1.24. The number of nitrogens with zero attached hydrogens (tertiary/aromatic N) is 2. The van der Waals surface area contributed by atoms with E-state index in [1.807, 2.05) is 58.2 Å². The summed E-state index contributed by atoms with van der Waals surface area (Å²) in [6.07, 6.45) is 15.9. The van der Waals surface area contributed by atoms with E-state index in [0.717, 1.165) is 42.3 Å². The van der Waals surface area contributed by atoms with Crippen molar-refractivity contribution in [3.05, 3.63) is 94.9 Å². The number of aliphatic carboxylic acids is 1. The van der Waals surface area contributed by atoms with E-state index < -0.39 is 79.7 Å². The summed E-state index contributed by atoms with van der Waals surface area (Å²) in [6, 6.07) is 6.26. The summed E-state index contributed by atoms with van der Waals surface area (Å²) in [5.41, 5.74) is 6.44. The van der Waals surface area contributed by atoms with E-state index >= 15 is 0 Å². The Morgan fingerprint density at radius 3 is 1.64 bits per heavy atom. The summed E-state index contributed by atoms with van der Waals surface area (Å²) in [5, 5.41) is 19.1. The molecule has 2 heterocycles. The number of aryl methyl sites for hydroxylation is 1. The number of allylic oxidation sites excluding steroid dienone is 4. The lowest BCUT2D eigenvalue weighted by molar-refractivity contribution is -0.155. The molecule has 0 saturated carbocycles. The largest absolute Gasteiger partial charge is 0.477 e. The predicted octanol–water partition coefficient (Wildman–Crippen LogP) is 10.4. The van der Waals surface area contributed by atoms with Crippen LogP contribution in [-0.2, 0) is 60.7 Å². The van der Waals surface area contributed by atoms with Crippen LogP contribution >= 0.6 is 23.5 Å². The molecule has 86 heavy (non-hydrogen) atoms. The van der Waals surface area contributed by atoms with Gasteiger partial charge >= 0.3 is 30.0 Å².